The van der Waals surface area contributed by atoms with Crippen molar-refractivity contribution in [2.24, 2.45) is 0 Å². The third-order valence-corrected chi connectivity index (χ3v) is 12.4. The van der Waals surface area contributed by atoms with E-state index in [1.54, 1.807) is 0 Å². The first-order valence-electron chi connectivity index (χ1n) is 25.9. The molecule has 2 aliphatic rings. The zero-order chi connectivity index (χ0) is 48.2. The molecule has 2 saturated heterocycles. The van der Waals surface area contributed by atoms with Crippen LogP contribution in [0.1, 0.15) is 194 Å². The number of aliphatic hydroxyl groups excluding tert-OH is 7. The van der Waals surface area contributed by atoms with E-state index >= 15 is 0 Å². The number of ether oxygens (including phenoxy) is 6. The zero-order valence-electron chi connectivity index (χ0n) is 40.7. The number of carbonyl (C=O) groups is 2. The average Bonchev–Trinajstić information content (AvgIpc) is 3.31. The van der Waals surface area contributed by atoms with Crippen LogP contribution in [0.3, 0.4) is 0 Å². The molecule has 11 atom stereocenters. The Balaban J connectivity index is 1.80. The van der Waals surface area contributed by atoms with Crippen molar-refractivity contribution in [1.29, 1.82) is 0 Å². The standard InChI is InChI=1S/C51H92O15/c1-3-5-7-9-11-13-15-17-18-19-20-21-22-24-26-28-30-32-34-43(54)64-39(36-61-42(53)33-31-29-27-25-23-16-14-12-10-8-6-4-2)37-62-50-49(60)47(58)45(56)41(66-50)38-63-51-48(59)46(57)44(55)40(35-52)65-51/h12,14,18-19,39-41,44-52,55-60H,3-11,13,15-17,20-38H2,1-2H3/b14-12-,19-18-. The Kier molecular flexibility index (Phi) is 35.3. The van der Waals surface area contributed by atoms with Crippen molar-refractivity contribution in [3.8, 4) is 0 Å². The third-order valence-electron chi connectivity index (χ3n) is 12.4. The van der Waals surface area contributed by atoms with Crippen LogP contribution in [0, 0.1) is 0 Å². The summed E-state index contributed by atoms with van der Waals surface area (Å²) >= 11 is 0. The van der Waals surface area contributed by atoms with Gasteiger partial charge in [-0.2, -0.15) is 0 Å². The average molecular weight is 945 g/mol. The Morgan fingerprint density at radius 2 is 0.864 bits per heavy atom. The van der Waals surface area contributed by atoms with E-state index in [2.05, 4.69) is 38.2 Å². The summed E-state index contributed by atoms with van der Waals surface area (Å²) in [7, 11) is 0. The van der Waals surface area contributed by atoms with Crippen LogP contribution in [0.5, 0.6) is 0 Å². The lowest BCUT2D eigenvalue weighted by Crippen LogP contribution is -2.61. The predicted octanol–water partition coefficient (Wildman–Crippen LogP) is 7.16. The molecule has 0 bridgehead atoms. The summed E-state index contributed by atoms with van der Waals surface area (Å²) in [5.41, 5.74) is 0. The van der Waals surface area contributed by atoms with Crippen LogP contribution in [0.4, 0.5) is 0 Å². The Bertz CT molecular complexity index is 1250. The van der Waals surface area contributed by atoms with E-state index in [1.165, 1.54) is 83.5 Å². The fourth-order valence-electron chi connectivity index (χ4n) is 8.09. The number of unbranched alkanes of at least 4 members (excludes halogenated alkanes) is 22. The van der Waals surface area contributed by atoms with Crippen LogP contribution in [0.15, 0.2) is 24.3 Å². The van der Waals surface area contributed by atoms with Crippen molar-refractivity contribution in [3.63, 3.8) is 0 Å². The molecule has 0 saturated carbocycles. The van der Waals surface area contributed by atoms with Crippen LogP contribution in [0.2, 0.25) is 0 Å². The number of hydrogen-bond acceptors (Lipinski definition) is 15. The highest BCUT2D eigenvalue weighted by Gasteiger charge is 2.47. The van der Waals surface area contributed by atoms with E-state index in [4.69, 9.17) is 28.4 Å². The highest BCUT2D eigenvalue weighted by molar-refractivity contribution is 5.70. The second-order valence-electron chi connectivity index (χ2n) is 18.3. The molecule has 0 amide bonds. The van der Waals surface area contributed by atoms with Gasteiger partial charge in [0.15, 0.2) is 18.7 Å². The molecule has 386 valence electrons. The minimum atomic E-state index is -1.76. The van der Waals surface area contributed by atoms with Crippen molar-refractivity contribution in [2.45, 2.75) is 261 Å². The lowest BCUT2D eigenvalue weighted by Gasteiger charge is -2.42. The highest BCUT2D eigenvalue weighted by Crippen LogP contribution is 2.26. The highest BCUT2D eigenvalue weighted by atomic mass is 16.7. The van der Waals surface area contributed by atoms with E-state index in [-0.39, 0.29) is 26.1 Å². The SMILES string of the molecule is CCCCC/C=C\CCCCCCCC(=O)OCC(COC1OC(COC2OC(CO)C(O)C(O)C2O)C(O)C(O)C1O)OC(=O)CCCCCCCCC/C=C\CCCCCCCCC. The van der Waals surface area contributed by atoms with Crippen molar-refractivity contribution >= 4 is 11.9 Å². The van der Waals surface area contributed by atoms with Gasteiger partial charge in [-0.3, -0.25) is 9.59 Å². The van der Waals surface area contributed by atoms with E-state index in [0.29, 0.717) is 12.8 Å². The lowest BCUT2D eigenvalue weighted by atomic mass is 9.98. The van der Waals surface area contributed by atoms with Gasteiger partial charge in [-0.15, -0.1) is 0 Å². The van der Waals surface area contributed by atoms with Crippen molar-refractivity contribution in [1.82, 2.24) is 0 Å². The molecular weight excluding hydrogens is 853 g/mol. The fraction of sp³-hybridized carbons (Fsp3) is 0.882. The minimum Gasteiger partial charge on any atom is -0.462 e. The Labute approximate surface area is 396 Å². The predicted molar refractivity (Wildman–Crippen MR) is 252 cm³/mol. The second-order valence-corrected chi connectivity index (χ2v) is 18.3. The fourth-order valence-corrected chi connectivity index (χ4v) is 8.09. The Morgan fingerprint density at radius 3 is 1.36 bits per heavy atom. The molecule has 0 spiro atoms. The van der Waals surface area contributed by atoms with E-state index in [1.807, 2.05) is 0 Å². The monoisotopic (exact) mass is 945 g/mol. The first kappa shape index (κ1) is 60.1. The first-order valence-corrected chi connectivity index (χ1v) is 25.9. The van der Waals surface area contributed by atoms with Gasteiger partial charge >= 0.3 is 11.9 Å². The van der Waals surface area contributed by atoms with Crippen molar-refractivity contribution in [2.75, 3.05) is 26.4 Å². The van der Waals surface area contributed by atoms with Crippen molar-refractivity contribution in [3.05, 3.63) is 24.3 Å². The van der Waals surface area contributed by atoms with Gasteiger partial charge in [0.2, 0.25) is 0 Å². The van der Waals surface area contributed by atoms with E-state index in [0.717, 1.165) is 70.6 Å². The molecule has 0 aromatic heterocycles. The van der Waals surface area contributed by atoms with Crippen LogP contribution < -0.4 is 0 Å². The maximum atomic E-state index is 13.0. The molecule has 2 heterocycles. The molecule has 7 N–H and O–H groups in total. The largest absolute Gasteiger partial charge is 0.462 e. The van der Waals surface area contributed by atoms with Gasteiger partial charge < -0.3 is 64.2 Å². The summed E-state index contributed by atoms with van der Waals surface area (Å²) in [6.07, 6.45) is 22.1. The lowest BCUT2D eigenvalue weighted by molar-refractivity contribution is -0.332. The van der Waals surface area contributed by atoms with Gasteiger partial charge in [0.25, 0.3) is 0 Å². The maximum Gasteiger partial charge on any atom is 0.306 e. The van der Waals surface area contributed by atoms with Crippen LogP contribution in [0.25, 0.3) is 0 Å². The third kappa shape index (κ3) is 26.7. The van der Waals surface area contributed by atoms with E-state index < -0.39 is 92.7 Å². The second kappa shape index (κ2) is 38.8. The normalized spacial score (nSPS) is 26.3. The quantitative estimate of drug-likeness (QED) is 0.0184. The molecule has 66 heavy (non-hydrogen) atoms. The molecule has 2 rings (SSSR count). The molecule has 15 heteroatoms. The molecular formula is C51H92O15. The van der Waals surface area contributed by atoms with Gasteiger partial charge in [0.1, 0.15) is 55.4 Å². The van der Waals surface area contributed by atoms with Crippen LogP contribution in [-0.4, -0.2) is 142 Å². The molecule has 11 unspecified atom stereocenters. The zero-order valence-corrected chi connectivity index (χ0v) is 40.7. The van der Waals surface area contributed by atoms with Crippen molar-refractivity contribution < 1.29 is 73.8 Å². The number of aliphatic hydroxyl groups is 7. The number of rotatable bonds is 40. The first-order chi connectivity index (χ1) is 32.0. The Morgan fingerprint density at radius 1 is 0.470 bits per heavy atom. The molecule has 2 aliphatic heterocycles. The van der Waals surface area contributed by atoms with Crippen LogP contribution >= 0.6 is 0 Å². The smallest absolute Gasteiger partial charge is 0.306 e. The molecule has 0 aromatic rings. The van der Waals surface area contributed by atoms with E-state index in [9.17, 15) is 45.3 Å². The number of allylic oxidation sites excluding steroid dienone is 4. The minimum absolute atomic E-state index is 0.160. The summed E-state index contributed by atoms with van der Waals surface area (Å²) < 4.78 is 33.6. The number of carbonyl (C=O) groups excluding carboxylic acids is 2. The van der Waals surface area contributed by atoms with Gasteiger partial charge in [-0.05, 0) is 64.2 Å². The molecule has 15 nitrogen and oxygen atoms in total. The summed E-state index contributed by atoms with van der Waals surface area (Å²) in [5.74, 6) is -0.936. The number of hydrogen-bond donors (Lipinski definition) is 7. The Hall–Kier alpha value is -2.02. The van der Waals surface area contributed by atoms with Gasteiger partial charge in [0.05, 0.1) is 19.8 Å². The van der Waals surface area contributed by atoms with Gasteiger partial charge in [0, 0.05) is 12.8 Å². The summed E-state index contributed by atoms with van der Waals surface area (Å²) in [6.45, 7) is 2.56. The van der Waals surface area contributed by atoms with Gasteiger partial charge in [-0.25, -0.2) is 0 Å². The molecule has 2 fully saturated rings. The molecule has 0 radical (unpaired) electrons. The molecule has 0 aromatic carbocycles. The number of esters is 2. The van der Waals surface area contributed by atoms with Gasteiger partial charge in [-0.1, -0.05) is 141 Å². The summed E-state index contributed by atoms with van der Waals surface area (Å²) in [6, 6.07) is 0. The van der Waals surface area contributed by atoms with Crippen LogP contribution in [-0.2, 0) is 38.0 Å². The maximum absolute atomic E-state index is 13.0. The topological polar surface area (TPSA) is 231 Å². The summed E-state index contributed by atoms with van der Waals surface area (Å²) in [4.78, 5) is 25.7. The molecule has 0 aliphatic carbocycles. The summed E-state index contributed by atoms with van der Waals surface area (Å²) in [5, 5.41) is 72.0.